The van der Waals surface area contributed by atoms with Crippen molar-refractivity contribution >= 4 is 28.4 Å². The number of hydrogen-bond acceptors (Lipinski definition) is 3. The normalized spacial score (nSPS) is 14.5. The molecule has 0 fully saturated rings. The van der Waals surface area contributed by atoms with E-state index >= 15 is 0 Å². The van der Waals surface area contributed by atoms with Crippen LogP contribution < -0.4 is 10.7 Å². The van der Waals surface area contributed by atoms with Crippen LogP contribution >= 0.6 is 0 Å². The molecule has 0 bridgehead atoms. The number of carbonyl (C=O) groups excluding carboxylic acids is 2. The van der Waals surface area contributed by atoms with Gasteiger partial charge >= 0.3 is 0 Å². The lowest BCUT2D eigenvalue weighted by Crippen LogP contribution is -2.37. The number of aromatic nitrogens is 1. The van der Waals surface area contributed by atoms with E-state index in [0.717, 1.165) is 13.0 Å². The van der Waals surface area contributed by atoms with Crippen LogP contribution in [0.5, 0.6) is 0 Å². The Hall–Kier alpha value is -2.63. The highest BCUT2D eigenvalue weighted by Crippen LogP contribution is 2.15. The van der Waals surface area contributed by atoms with E-state index in [1.807, 2.05) is 12.1 Å². The molecule has 2 N–H and O–H groups in total. The van der Waals surface area contributed by atoms with Crippen molar-refractivity contribution in [3.63, 3.8) is 0 Å². The predicted molar refractivity (Wildman–Crippen MR) is 84.4 cm³/mol. The zero-order valence-electron chi connectivity index (χ0n) is 12.2. The molecular formula is C16H18N4O2. The molecule has 0 unspecified atom stereocenters. The Labute approximate surface area is 128 Å². The van der Waals surface area contributed by atoms with Gasteiger partial charge in [0.15, 0.2) is 0 Å². The van der Waals surface area contributed by atoms with Crippen molar-refractivity contribution in [2.24, 2.45) is 5.10 Å². The second kappa shape index (κ2) is 6.43. The maximum Gasteiger partial charge on any atom is 0.267 e. The summed E-state index contributed by atoms with van der Waals surface area (Å²) < 4.78 is 2.18. The Morgan fingerprint density at radius 2 is 2.14 bits per heavy atom. The first-order valence-corrected chi connectivity index (χ1v) is 7.41. The zero-order chi connectivity index (χ0) is 15.4. The Morgan fingerprint density at radius 1 is 1.27 bits per heavy atom. The average Bonchev–Trinajstić information content (AvgIpc) is 2.95. The third kappa shape index (κ3) is 3.16. The van der Waals surface area contributed by atoms with Crippen LogP contribution in [0.2, 0.25) is 0 Å². The minimum absolute atomic E-state index is 0.143. The molecule has 6 nitrogen and oxygen atoms in total. The zero-order valence-corrected chi connectivity index (χ0v) is 12.2. The van der Waals surface area contributed by atoms with Gasteiger partial charge in [-0.1, -0.05) is 18.2 Å². The molecule has 1 aliphatic heterocycles. The van der Waals surface area contributed by atoms with Crippen LogP contribution in [0.3, 0.4) is 0 Å². The average molecular weight is 298 g/mol. The van der Waals surface area contributed by atoms with E-state index in [0.29, 0.717) is 25.1 Å². The van der Waals surface area contributed by atoms with Crippen molar-refractivity contribution in [2.75, 3.05) is 6.54 Å². The van der Waals surface area contributed by atoms with Gasteiger partial charge in [0.25, 0.3) is 5.91 Å². The molecule has 2 heterocycles. The van der Waals surface area contributed by atoms with Crippen LogP contribution in [-0.2, 0) is 16.1 Å². The van der Waals surface area contributed by atoms with Gasteiger partial charge in [-0.3, -0.25) is 9.59 Å². The van der Waals surface area contributed by atoms with Gasteiger partial charge in [0.2, 0.25) is 5.91 Å². The minimum Gasteiger partial charge on any atom is -0.351 e. The quantitative estimate of drug-likeness (QED) is 0.819. The monoisotopic (exact) mass is 298 g/mol. The SMILES string of the molecule is O=C1CCC(C(=O)NCCCn2ccc3ccccc32)=NN1. The van der Waals surface area contributed by atoms with Crippen molar-refractivity contribution in [2.45, 2.75) is 25.8 Å². The van der Waals surface area contributed by atoms with Gasteiger partial charge in [-0.25, -0.2) is 5.43 Å². The molecule has 114 valence electrons. The van der Waals surface area contributed by atoms with Gasteiger partial charge in [-0.15, -0.1) is 0 Å². The van der Waals surface area contributed by atoms with Crippen LogP contribution in [-0.4, -0.2) is 28.6 Å². The van der Waals surface area contributed by atoms with Crippen molar-refractivity contribution in [1.29, 1.82) is 0 Å². The summed E-state index contributed by atoms with van der Waals surface area (Å²) in [5, 5.41) is 7.84. The standard InChI is InChI=1S/C16H18N4O2/c21-15-7-6-13(18-19-15)16(22)17-9-3-10-20-11-8-12-4-1-2-5-14(12)20/h1-2,4-5,8,11H,3,6-7,9-10H2,(H,17,22)(H,19,21). The number of hydrazone groups is 1. The van der Waals surface area contributed by atoms with E-state index in [1.165, 1.54) is 10.9 Å². The molecule has 0 atom stereocenters. The van der Waals surface area contributed by atoms with Crippen LogP contribution in [0.15, 0.2) is 41.6 Å². The summed E-state index contributed by atoms with van der Waals surface area (Å²) >= 11 is 0. The first-order valence-electron chi connectivity index (χ1n) is 7.41. The fraction of sp³-hybridized carbons (Fsp3) is 0.312. The maximum absolute atomic E-state index is 11.9. The molecule has 0 radical (unpaired) electrons. The molecule has 1 aromatic carbocycles. The molecule has 0 saturated carbocycles. The molecule has 22 heavy (non-hydrogen) atoms. The van der Waals surface area contributed by atoms with Crippen LogP contribution in [0.25, 0.3) is 10.9 Å². The molecular weight excluding hydrogens is 280 g/mol. The predicted octanol–water partition coefficient (Wildman–Crippen LogP) is 1.41. The number of aryl methyl sites for hydroxylation is 1. The lowest BCUT2D eigenvalue weighted by Gasteiger charge is -2.12. The van der Waals surface area contributed by atoms with Gasteiger partial charge < -0.3 is 9.88 Å². The summed E-state index contributed by atoms with van der Waals surface area (Å²) in [5.41, 5.74) is 3.93. The van der Waals surface area contributed by atoms with E-state index in [-0.39, 0.29) is 11.8 Å². The highest BCUT2D eigenvalue weighted by Gasteiger charge is 2.17. The van der Waals surface area contributed by atoms with E-state index in [2.05, 4.69) is 44.8 Å². The first kappa shape index (κ1) is 14.3. The minimum atomic E-state index is -0.197. The third-order valence-electron chi connectivity index (χ3n) is 3.71. The Morgan fingerprint density at radius 3 is 2.95 bits per heavy atom. The number of fused-ring (bicyclic) bond motifs is 1. The number of benzene rings is 1. The number of carbonyl (C=O) groups is 2. The number of rotatable bonds is 5. The largest absolute Gasteiger partial charge is 0.351 e. The van der Waals surface area contributed by atoms with Crippen LogP contribution in [0, 0.1) is 0 Å². The summed E-state index contributed by atoms with van der Waals surface area (Å²) in [6, 6.07) is 10.3. The van der Waals surface area contributed by atoms with Crippen molar-refractivity contribution in [1.82, 2.24) is 15.3 Å². The number of para-hydroxylation sites is 1. The second-order valence-corrected chi connectivity index (χ2v) is 5.27. The molecule has 1 aromatic heterocycles. The molecule has 0 aliphatic carbocycles. The van der Waals surface area contributed by atoms with Gasteiger partial charge in [-0.2, -0.15) is 5.10 Å². The summed E-state index contributed by atoms with van der Waals surface area (Å²) in [6.07, 6.45) is 3.62. The van der Waals surface area contributed by atoms with Gasteiger partial charge in [-0.05, 0) is 23.9 Å². The number of nitrogens with one attached hydrogen (secondary N) is 2. The highest BCUT2D eigenvalue weighted by atomic mass is 16.2. The second-order valence-electron chi connectivity index (χ2n) is 5.27. The van der Waals surface area contributed by atoms with Gasteiger partial charge in [0.05, 0.1) is 0 Å². The van der Waals surface area contributed by atoms with Crippen LogP contribution in [0.4, 0.5) is 0 Å². The lowest BCUT2D eigenvalue weighted by molar-refractivity contribution is -0.121. The maximum atomic E-state index is 11.9. The van der Waals surface area contributed by atoms with Crippen LogP contribution in [0.1, 0.15) is 19.3 Å². The molecule has 2 amide bonds. The van der Waals surface area contributed by atoms with Gasteiger partial charge in [0.1, 0.15) is 5.71 Å². The number of hydrogen-bond donors (Lipinski definition) is 2. The number of amides is 2. The summed E-state index contributed by atoms with van der Waals surface area (Å²) in [5.74, 6) is -0.339. The third-order valence-corrected chi connectivity index (χ3v) is 3.71. The molecule has 6 heteroatoms. The van der Waals surface area contributed by atoms with E-state index in [1.54, 1.807) is 0 Å². The molecule has 0 spiro atoms. The summed E-state index contributed by atoms with van der Waals surface area (Å²) in [4.78, 5) is 22.9. The molecule has 0 saturated heterocycles. The van der Waals surface area contributed by atoms with Crippen molar-refractivity contribution in [3.8, 4) is 0 Å². The number of nitrogens with zero attached hydrogens (tertiary/aromatic N) is 2. The summed E-state index contributed by atoms with van der Waals surface area (Å²) in [6.45, 7) is 1.43. The Balaban J connectivity index is 1.47. The van der Waals surface area contributed by atoms with Gasteiger partial charge in [0, 0.05) is 37.6 Å². The first-order chi connectivity index (χ1) is 10.7. The van der Waals surface area contributed by atoms with Crippen molar-refractivity contribution < 1.29 is 9.59 Å². The van der Waals surface area contributed by atoms with E-state index < -0.39 is 0 Å². The molecule has 1 aliphatic rings. The van der Waals surface area contributed by atoms with E-state index in [9.17, 15) is 9.59 Å². The Bertz CT molecular complexity index is 733. The van der Waals surface area contributed by atoms with Crippen molar-refractivity contribution in [3.05, 3.63) is 36.5 Å². The molecule has 3 rings (SSSR count). The fourth-order valence-electron chi connectivity index (χ4n) is 2.53. The Kier molecular flexibility index (Phi) is 4.18. The van der Waals surface area contributed by atoms with E-state index in [4.69, 9.17) is 0 Å². The lowest BCUT2D eigenvalue weighted by atomic mass is 10.1. The topological polar surface area (TPSA) is 75.5 Å². The smallest absolute Gasteiger partial charge is 0.267 e. The summed E-state index contributed by atoms with van der Waals surface area (Å²) in [7, 11) is 0. The fourth-order valence-corrected chi connectivity index (χ4v) is 2.53. The molecule has 2 aromatic rings. The highest BCUT2D eigenvalue weighted by molar-refractivity contribution is 6.39.